The third kappa shape index (κ3) is 4.91. The molecule has 1 N–H and O–H groups in total. The first kappa shape index (κ1) is 16.0. The van der Waals surface area contributed by atoms with Crippen molar-refractivity contribution in [2.75, 3.05) is 0 Å². The number of aliphatic hydroxyl groups is 1. The van der Waals surface area contributed by atoms with Crippen LogP contribution in [0.2, 0.25) is 0 Å². The van der Waals surface area contributed by atoms with Crippen molar-refractivity contribution in [1.82, 2.24) is 0 Å². The first-order valence-corrected chi connectivity index (χ1v) is 8.12. The molecule has 1 heteroatoms. The molecule has 1 saturated carbocycles. The Morgan fingerprint density at radius 3 is 2.22 bits per heavy atom. The number of hydrogen-bond acceptors (Lipinski definition) is 1. The Labute approximate surface area is 114 Å². The molecule has 0 aromatic heterocycles. The summed E-state index contributed by atoms with van der Waals surface area (Å²) < 4.78 is 0. The van der Waals surface area contributed by atoms with Crippen LogP contribution in [0.15, 0.2) is 0 Å². The van der Waals surface area contributed by atoms with Crippen LogP contribution in [0.1, 0.15) is 91.9 Å². The molecule has 0 aromatic rings. The zero-order valence-electron chi connectivity index (χ0n) is 13.1. The lowest BCUT2D eigenvalue weighted by atomic mass is 9.64. The minimum Gasteiger partial charge on any atom is -0.390 e. The van der Waals surface area contributed by atoms with Crippen LogP contribution in [0.5, 0.6) is 0 Å². The van der Waals surface area contributed by atoms with Gasteiger partial charge in [0.1, 0.15) is 0 Å². The van der Waals surface area contributed by atoms with Crippen molar-refractivity contribution in [3.8, 4) is 0 Å². The van der Waals surface area contributed by atoms with Gasteiger partial charge in [-0.2, -0.15) is 0 Å². The highest BCUT2D eigenvalue weighted by Crippen LogP contribution is 2.45. The van der Waals surface area contributed by atoms with Gasteiger partial charge in [0.05, 0.1) is 5.60 Å². The average Bonchev–Trinajstić information content (AvgIpc) is 2.29. The molecule has 1 rings (SSSR count). The van der Waals surface area contributed by atoms with Gasteiger partial charge < -0.3 is 5.11 Å². The predicted molar refractivity (Wildman–Crippen MR) is 79.7 cm³/mol. The molecule has 108 valence electrons. The zero-order chi connectivity index (χ0) is 13.6. The van der Waals surface area contributed by atoms with Gasteiger partial charge in [-0.1, -0.05) is 66.2 Å². The third-order valence-electron chi connectivity index (χ3n) is 4.97. The van der Waals surface area contributed by atoms with E-state index in [1.54, 1.807) is 0 Å². The molecular weight excluding hydrogens is 220 g/mol. The van der Waals surface area contributed by atoms with E-state index in [0.29, 0.717) is 11.3 Å². The molecule has 1 fully saturated rings. The van der Waals surface area contributed by atoms with Crippen molar-refractivity contribution in [2.45, 2.75) is 97.5 Å². The molecule has 18 heavy (non-hydrogen) atoms. The Kier molecular flexibility index (Phi) is 6.17. The molecule has 2 atom stereocenters. The first-order chi connectivity index (χ1) is 8.40. The maximum atomic E-state index is 10.8. The monoisotopic (exact) mass is 254 g/mol. The van der Waals surface area contributed by atoms with Crippen LogP contribution >= 0.6 is 0 Å². The van der Waals surface area contributed by atoms with Gasteiger partial charge >= 0.3 is 0 Å². The summed E-state index contributed by atoms with van der Waals surface area (Å²) in [7, 11) is 0. The molecule has 0 spiro atoms. The summed E-state index contributed by atoms with van der Waals surface area (Å²) in [5.41, 5.74) is 0.0764. The van der Waals surface area contributed by atoms with E-state index in [4.69, 9.17) is 0 Å². The molecule has 2 unspecified atom stereocenters. The third-order valence-corrected chi connectivity index (χ3v) is 4.97. The highest BCUT2D eigenvalue weighted by atomic mass is 16.3. The normalized spacial score (nSPS) is 31.5. The van der Waals surface area contributed by atoms with Crippen LogP contribution in [-0.2, 0) is 0 Å². The van der Waals surface area contributed by atoms with Crippen LogP contribution in [0, 0.1) is 11.3 Å². The van der Waals surface area contributed by atoms with Crippen LogP contribution in [-0.4, -0.2) is 10.7 Å². The van der Waals surface area contributed by atoms with Crippen LogP contribution in [0.25, 0.3) is 0 Å². The second kappa shape index (κ2) is 6.93. The summed E-state index contributed by atoms with van der Waals surface area (Å²) in [5.74, 6) is 0.469. The van der Waals surface area contributed by atoms with Gasteiger partial charge in [-0.25, -0.2) is 0 Å². The minimum absolute atomic E-state index is 0.361. The fourth-order valence-electron chi connectivity index (χ4n) is 3.51. The lowest BCUT2D eigenvalue weighted by Gasteiger charge is -2.45. The fraction of sp³-hybridized carbons (Fsp3) is 1.00. The Hall–Kier alpha value is -0.0400. The van der Waals surface area contributed by atoms with E-state index in [1.165, 1.54) is 51.4 Å². The van der Waals surface area contributed by atoms with Crippen molar-refractivity contribution < 1.29 is 5.11 Å². The summed E-state index contributed by atoms with van der Waals surface area (Å²) in [6.07, 6.45) is 12.3. The fourth-order valence-corrected chi connectivity index (χ4v) is 3.51. The van der Waals surface area contributed by atoms with Crippen LogP contribution in [0.4, 0.5) is 0 Å². The van der Waals surface area contributed by atoms with Crippen molar-refractivity contribution in [1.29, 1.82) is 0 Å². The molecule has 0 aliphatic heterocycles. The van der Waals surface area contributed by atoms with Crippen molar-refractivity contribution in [3.05, 3.63) is 0 Å². The van der Waals surface area contributed by atoms with Gasteiger partial charge in [-0.3, -0.25) is 0 Å². The predicted octanol–water partition coefficient (Wildman–Crippen LogP) is 5.31. The minimum atomic E-state index is -0.361. The average molecular weight is 254 g/mol. The second-order valence-electron chi connectivity index (χ2n) is 7.39. The smallest absolute Gasteiger partial charge is 0.0673 e. The van der Waals surface area contributed by atoms with E-state index in [-0.39, 0.29) is 5.60 Å². The summed E-state index contributed by atoms with van der Waals surface area (Å²) >= 11 is 0. The molecule has 0 saturated heterocycles. The summed E-state index contributed by atoms with van der Waals surface area (Å²) in [6, 6.07) is 0. The Morgan fingerprint density at radius 1 is 1.00 bits per heavy atom. The maximum Gasteiger partial charge on any atom is 0.0673 e. The quantitative estimate of drug-likeness (QED) is 0.610. The zero-order valence-corrected chi connectivity index (χ0v) is 13.1. The lowest BCUT2D eigenvalue weighted by Crippen LogP contribution is -2.43. The lowest BCUT2D eigenvalue weighted by molar-refractivity contribution is -0.0780. The van der Waals surface area contributed by atoms with Gasteiger partial charge in [0, 0.05) is 0 Å². The second-order valence-corrected chi connectivity index (χ2v) is 7.39. The summed E-state index contributed by atoms with van der Waals surface area (Å²) in [5, 5.41) is 10.8. The molecule has 0 heterocycles. The Morgan fingerprint density at radius 2 is 1.61 bits per heavy atom. The molecule has 0 bridgehead atoms. The van der Waals surface area contributed by atoms with Crippen LogP contribution in [0.3, 0.4) is 0 Å². The first-order valence-electron chi connectivity index (χ1n) is 8.12. The number of rotatable bonds is 7. The number of hydrogen-bond donors (Lipinski definition) is 1. The van der Waals surface area contributed by atoms with Gasteiger partial charge in [0.2, 0.25) is 0 Å². The van der Waals surface area contributed by atoms with Crippen LogP contribution < -0.4 is 0 Å². The van der Waals surface area contributed by atoms with E-state index in [1.807, 2.05) is 0 Å². The largest absolute Gasteiger partial charge is 0.390 e. The van der Waals surface area contributed by atoms with E-state index in [2.05, 4.69) is 27.7 Å². The molecule has 0 amide bonds. The SMILES string of the molecule is CCCCCCCCC1(O)CCC(C)(C)CC1C. The Bertz CT molecular complexity index is 234. The Balaban J connectivity index is 2.24. The molecule has 1 aliphatic carbocycles. The van der Waals surface area contributed by atoms with Gasteiger partial charge in [-0.15, -0.1) is 0 Å². The molecule has 0 aromatic carbocycles. The molecule has 1 nitrogen and oxygen atoms in total. The van der Waals surface area contributed by atoms with E-state index < -0.39 is 0 Å². The van der Waals surface area contributed by atoms with Gasteiger partial charge in [0.15, 0.2) is 0 Å². The molecule has 0 radical (unpaired) electrons. The van der Waals surface area contributed by atoms with Gasteiger partial charge in [-0.05, 0) is 37.0 Å². The van der Waals surface area contributed by atoms with E-state index >= 15 is 0 Å². The van der Waals surface area contributed by atoms with Gasteiger partial charge in [0.25, 0.3) is 0 Å². The van der Waals surface area contributed by atoms with E-state index in [0.717, 1.165) is 12.8 Å². The molecular formula is C17H34O. The van der Waals surface area contributed by atoms with Crippen molar-refractivity contribution in [2.24, 2.45) is 11.3 Å². The number of unbranched alkanes of at least 4 members (excludes halogenated alkanes) is 5. The highest BCUT2D eigenvalue weighted by molar-refractivity contribution is 4.93. The highest BCUT2D eigenvalue weighted by Gasteiger charge is 2.41. The van der Waals surface area contributed by atoms with Crippen molar-refractivity contribution in [3.63, 3.8) is 0 Å². The van der Waals surface area contributed by atoms with Crippen molar-refractivity contribution >= 4 is 0 Å². The standard InChI is InChI=1S/C17H34O/c1-5-6-7-8-9-10-11-17(18)13-12-16(3,4)14-15(17)2/h15,18H,5-14H2,1-4H3. The maximum absolute atomic E-state index is 10.8. The summed E-state index contributed by atoms with van der Waals surface area (Å²) in [4.78, 5) is 0. The van der Waals surface area contributed by atoms with E-state index in [9.17, 15) is 5.11 Å². The topological polar surface area (TPSA) is 20.2 Å². The summed E-state index contributed by atoms with van der Waals surface area (Å²) in [6.45, 7) is 9.19. The molecule has 1 aliphatic rings.